The Hall–Kier alpha value is -1.76. The molecule has 0 saturated heterocycles. The second kappa shape index (κ2) is 8.75. The third-order valence-electron chi connectivity index (χ3n) is 3.66. The van der Waals surface area contributed by atoms with Crippen molar-refractivity contribution in [2.75, 3.05) is 32.1 Å². The second-order valence-corrected chi connectivity index (χ2v) is 8.40. The van der Waals surface area contributed by atoms with Gasteiger partial charge < -0.3 is 4.74 Å². The first-order valence-corrected chi connectivity index (χ1v) is 10.4. The molecule has 146 valence electrons. The van der Waals surface area contributed by atoms with Gasteiger partial charge in [0.05, 0.1) is 19.9 Å². The van der Waals surface area contributed by atoms with E-state index in [2.05, 4.69) is 10.2 Å². The maximum absolute atomic E-state index is 12.8. The largest absolute Gasteiger partial charge is 0.482 e. The molecule has 1 unspecified atom stereocenters. The molecule has 12 heteroatoms. The lowest BCUT2D eigenvalue weighted by Crippen LogP contribution is -2.41. The van der Waals surface area contributed by atoms with Crippen molar-refractivity contribution in [1.29, 1.82) is 0 Å². The molecule has 1 atom stereocenters. The molecule has 10 nitrogen and oxygen atoms in total. The van der Waals surface area contributed by atoms with Gasteiger partial charge in [-0.15, -0.1) is 10.2 Å². The van der Waals surface area contributed by atoms with E-state index in [4.69, 9.17) is 9.57 Å². The molecule has 0 aromatic carbocycles. The molecule has 0 aliphatic carbocycles. The van der Waals surface area contributed by atoms with Crippen LogP contribution in [0.3, 0.4) is 0 Å². The van der Waals surface area contributed by atoms with Gasteiger partial charge >= 0.3 is 6.03 Å². The highest BCUT2D eigenvalue weighted by Gasteiger charge is 2.35. The molecule has 0 radical (unpaired) electrons. The summed E-state index contributed by atoms with van der Waals surface area (Å²) in [5, 5.41) is 8.96. The quantitative estimate of drug-likeness (QED) is 0.478. The predicted molar refractivity (Wildman–Crippen MR) is 95.9 cm³/mol. The summed E-state index contributed by atoms with van der Waals surface area (Å²) in [5.74, 6) is 0. The number of carbonyl (C=O) groups excluding carboxylic acids is 1. The molecule has 1 aliphatic heterocycles. The van der Waals surface area contributed by atoms with Gasteiger partial charge in [-0.3, -0.25) is 9.74 Å². The van der Waals surface area contributed by atoms with E-state index in [-0.39, 0.29) is 16.0 Å². The molecular formula is C14H23N5O5S2. The van der Waals surface area contributed by atoms with Crippen LogP contribution in [0.2, 0.25) is 0 Å². The molecule has 1 aromatic rings. The Morgan fingerprint density at radius 2 is 2.15 bits per heavy atom. The van der Waals surface area contributed by atoms with Crippen LogP contribution in [0.25, 0.3) is 0 Å². The van der Waals surface area contributed by atoms with Crippen molar-refractivity contribution in [2.45, 2.75) is 37.3 Å². The molecule has 0 fully saturated rings. The number of anilines is 1. The summed E-state index contributed by atoms with van der Waals surface area (Å²) in [6, 6.07) is -0.454. The van der Waals surface area contributed by atoms with Crippen LogP contribution in [0.5, 0.6) is 0 Å². The fourth-order valence-electron chi connectivity index (χ4n) is 2.35. The van der Waals surface area contributed by atoms with Gasteiger partial charge in [0.2, 0.25) is 9.47 Å². The van der Waals surface area contributed by atoms with Crippen molar-refractivity contribution in [1.82, 2.24) is 19.6 Å². The average molecular weight is 406 g/mol. The number of hydrogen-bond donors (Lipinski definition) is 0. The van der Waals surface area contributed by atoms with Crippen LogP contribution < -0.4 is 4.90 Å². The number of sulfonamides is 1. The minimum Gasteiger partial charge on any atom is -0.482 e. The molecule has 0 spiro atoms. The van der Waals surface area contributed by atoms with E-state index in [0.717, 1.165) is 11.3 Å². The van der Waals surface area contributed by atoms with Crippen molar-refractivity contribution in [3.8, 4) is 0 Å². The average Bonchev–Trinajstić information content (AvgIpc) is 3.31. The standard InChI is InChI=1S/C14H23N5O5S2/c1-5-9-18(23-4)14(20)17(3)12-15-16-13(25-12)26(21,22)19(6-2)11-8-7-10-24-11/h7,10-11H,5-6,8-9H2,1-4H3. The number of hydrogen-bond acceptors (Lipinski definition) is 8. The molecule has 26 heavy (non-hydrogen) atoms. The lowest BCUT2D eigenvalue weighted by Gasteiger charge is -2.24. The van der Waals surface area contributed by atoms with Crippen LogP contribution in [0, 0.1) is 0 Å². The Morgan fingerprint density at radius 3 is 2.69 bits per heavy atom. The monoisotopic (exact) mass is 405 g/mol. The number of nitrogens with zero attached hydrogens (tertiary/aromatic N) is 5. The number of rotatable bonds is 8. The minimum absolute atomic E-state index is 0.160. The van der Waals surface area contributed by atoms with Crippen molar-refractivity contribution in [2.24, 2.45) is 0 Å². The fraction of sp³-hybridized carbons (Fsp3) is 0.643. The Morgan fingerprint density at radius 1 is 1.42 bits per heavy atom. The lowest BCUT2D eigenvalue weighted by molar-refractivity contribution is -0.0832. The number of carbonyl (C=O) groups is 1. The third-order valence-corrected chi connectivity index (χ3v) is 6.97. The number of ether oxygens (including phenoxy) is 1. The molecule has 2 rings (SSSR count). The maximum atomic E-state index is 12.8. The minimum atomic E-state index is -3.88. The normalized spacial score (nSPS) is 16.7. The zero-order chi connectivity index (χ0) is 19.3. The van der Waals surface area contributed by atoms with Crippen molar-refractivity contribution in [3.05, 3.63) is 12.3 Å². The SMILES string of the molecule is CCCN(OC)C(=O)N(C)c1nnc(S(=O)(=O)N(CC)C2CC=CO2)s1. The molecular weight excluding hydrogens is 382 g/mol. The van der Waals surface area contributed by atoms with Gasteiger partial charge in [0, 0.05) is 20.0 Å². The van der Waals surface area contributed by atoms with Crippen LogP contribution in [0.15, 0.2) is 16.7 Å². The molecule has 0 bridgehead atoms. The van der Waals surface area contributed by atoms with Crippen LogP contribution in [-0.4, -0.2) is 67.5 Å². The third kappa shape index (κ3) is 4.14. The van der Waals surface area contributed by atoms with Crippen LogP contribution >= 0.6 is 11.3 Å². The topological polar surface area (TPSA) is 105 Å². The van der Waals surface area contributed by atoms with Crippen LogP contribution in [0.4, 0.5) is 9.93 Å². The second-order valence-electron chi connectivity index (χ2n) is 5.38. The van der Waals surface area contributed by atoms with Crippen molar-refractivity contribution < 1.29 is 22.8 Å². The van der Waals surface area contributed by atoms with Gasteiger partial charge in [-0.2, -0.15) is 4.31 Å². The first kappa shape index (κ1) is 20.6. The summed E-state index contributed by atoms with van der Waals surface area (Å²) < 4.78 is 32.0. The van der Waals surface area contributed by atoms with Crippen molar-refractivity contribution >= 4 is 32.5 Å². The van der Waals surface area contributed by atoms with E-state index in [1.165, 1.54) is 34.7 Å². The van der Waals surface area contributed by atoms with E-state index in [1.807, 2.05) is 6.92 Å². The summed E-state index contributed by atoms with van der Waals surface area (Å²) >= 11 is 0.820. The van der Waals surface area contributed by atoms with Gasteiger partial charge in [0.1, 0.15) is 0 Å². The van der Waals surface area contributed by atoms with Gasteiger partial charge in [-0.05, 0) is 12.5 Å². The highest BCUT2D eigenvalue weighted by atomic mass is 32.2. The summed E-state index contributed by atoms with van der Waals surface area (Å²) in [6.45, 7) is 4.26. The first-order valence-electron chi connectivity index (χ1n) is 8.11. The summed E-state index contributed by atoms with van der Waals surface area (Å²) in [6.07, 6.45) is 3.83. The van der Waals surface area contributed by atoms with E-state index in [0.29, 0.717) is 19.4 Å². The van der Waals surface area contributed by atoms with Crippen molar-refractivity contribution in [3.63, 3.8) is 0 Å². The highest BCUT2D eigenvalue weighted by Crippen LogP contribution is 2.28. The Balaban J connectivity index is 2.20. The maximum Gasteiger partial charge on any atom is 0.349 e. The zero-order valence-electron chi connectivity index (χ0n) is 15.2. The predicted octanol–water partition coefficient (Wildman–Crippen LogP) is 1.64. The molecule has 1 aliphatic rings. The smallest absolute Gasteiger partial charge is 0.349 e. The van der Waals surface area contributed by atoms with Gasteiger partial charge in [0.15, 0.2) is 6.23 Å². The number of amides is 2. The summed E-state index contributed by atoms with van der Waals surface area (Å²) in [7, 11) is -0.995. The van der Waals surface area contributed by atoms with Crippen LogP contribution in [-0.2, 0) is 19.6 Å². The fourth-order valence-corrected chi connectivity index (χ4v) is 4.94. The lowest BCUT2D eigenvalue weighted by atomic mass is 10.4. The van der Waals surface area contributed by atoms with Gasteiger partial charge in [-0.25, -0.2) is 18.3 Å². The summed E-state index contributed by atoms with van der Waals surface area (Å²) in [4.78, 5) is 18.6. The number of urea groups is 1. The number of aromatic nitrogens is 2. The van der Waals surface area contributed by atoms with Gasteiger partial charge in [-0.1, -0.05) is 25.2 Å². The number of hydroxylamine groups is 2. The van der Waals surface area contributed by atoms with Gasteiger partial charge in [0.25, 0.3) is 10.0 Å². The zero-order valence-corrected chi connectivity index (χ0v) is 16.8. The van der Waals surface area contributed by atoms with E-state index < -0.39 is 22.3 Å². The molecule has 2 amide bonds. The molecule has 2 heterocycles. The van der Waals surface area contributed by atoms with E-state index >= 15 is 0 Å². The molecule has 0 N–H and O–H groups in total. The Kier molecular flexibility index (Phi) is 6.92. The summed E-state index contributed by atoms with van der Waals surface area (Å²) in [5.41, 5.74) is 0. The molecule has 1 aromatic heterocycles. The first-order chi connectivity index (χ1) is 12.4. The van der Waals surface area contributed by atoms with E-state index in [1.54, 1.807) is 13.0 Å². The highest BCUT2D eigenvalue weighted by molar-refractivity contribution is 7.91. The van der Waals surface area contributed by atoms with Crippen LogP contribution in [0.1, 0.15) is 26.7 Å². The Bertz CT molecular complexity index is 743. The Labute approximate surface area is 157 Å². The molecule has 0 saturated carbocycles. The van der Waals surface area contributed by atoms with E-state index in [9.17, 15) is 13.2 Å².